The number of rotatable bonds is 4. The number of hydrogen-bond acceptors (Lipinski definition) is 0. The first kappa shape index (κ1) is 27.6. The molecule has 2 aliphatic carbocycles. The van der Waals surface area contributed by atoms with Crippen LogP contribution in [0.3, 0.4) is 0 Å². The lowest BCUT2D eigenvalue weighted by Gasteiger charge is -2.29. The Morgan fingerprint density at radius 1 is 0.500 bits per heavy atom. The molecule has 2 aliphatic rings. The maximum Gasteiger partial charge on any atom is 0.0227 e. The van der Waals surface area contributed by atoms with Gasteiger partial charge in [0.25, 0.3) is 0 Å². The van der Waals surface area contributed by atoms with Crippen molar-refractivity contribution in [1.82, 2.24) is 0 Å². The molecule has 1 heteroatoms. The molecule has 0 spiro atoms. The third kappa shape index (κ3) is 4.09. The second-order valence-electron chi connectivity index (χ2n) is 13.4. The van der Waals surface area contributed by atoms with Crippen molar-refractivity contribution in [3.8, 4) is 44.5 Å². The normalized spacial score (nSPS) is 17.1. The van der Waals surface area contributed by atoms with E-state index in [0.717, 1.165) is 6.42 Å². The maximum atomic E-state index is 2.46. The van der Waals surface area contributed by atoms with Gasteiger partial charge in [0, 0.05) is 14.4 Å². The highest BCUT2D eigenvalue weighted by molar-refractivity contribution is 14.1. The van der Waals surface area contributed by atoms with E-state index in [0.29, 0.717) is 0 Å². The van der Waals surface area contributed by atoms with Crippen LogP contribution >= 0.6 is 22.6 Å². The van der Waals surface area contributed by atoms with Crippen molar-refractivity contribution < 1.29 is 0 Å². The van der Waals surface area contributed by atoms with Gasteiger partial charge < -0.3 is 0 Å². The standard InChI is InChI=1S/C43H35I/c1-27-16-17-29(30-20-23-38-36(25-30)34-10-5-7-13-37(34)42(38,2)3)24-31(27)26-43(4)39-14-8-6-11-35(39)41-33(12-9-15-40(41)43)28-18-21-32(44)22-19-28/h5-25H,26H2,1-4H3. The first-order chi connectivity index (χ1) is 21.3. The molecule has 0 aromatic heterocycles. The molecule has 0 aliphatic heterocycles. The first-order valence-electron chi connectivity index (χ1n) is 15.6. The van der Waals surface area contributed by atoms with Gasteiger partial charge >= 0.3 is 0 Å². The summed E-state index contributed by atoms with van der Waals surface area (Å²) in [6.07, 6.45) is 0.952. The molecule has 0 amide bonds. The van der Waals surface area contributed by atoms with E-state index >= 15 is 0 Å². The molecular formula is C43H35I. The summed E-state index contributed by atoms with van der Waals surface area (Å²) in [6.45, 7) is 9.43. The van der Waals surface area contributed by atoms with Crippen LogP contribution in [0.1, 0.15) is 54.2 Å². The highest BCUT2D eigenvalue weighted by Gasteiger charge is 2.41. The molecule has 0 saturated carbocycles. The van der Waals surface area contributed by atoms with Gasteiger partial charge in [-0.1, -0.05) is 130 Å². The number of halogens is 1. The zero-order chi connectivity index (χ0) is 30.2. The number of fused-ring (bicyclic) bond motifs is 6. The molecule has 8 rings (SSSR count). The average Bonchev–Trinajstić information content (AvgIpc) is 3.43. The Morgan fingerprint density at radius 2 is 1.09 bits per heavy atom. The summed E-state index contributed by atoms with van der Waals surface area (Å²) in [5, 5.41) is 0. The summed E-state index contributed by atoms with van der Waals surface area (Å²) in [5.41, 5.74) is 19.0. The van der Waals surface area contributed by atoms with Crippen molar-refractivity contribution in [2.45, 2.75) is 44.9 Å². The van der Waals surface area contributed by atoms with E-state index in [1.807, 2.05) is 0 Å². The minimum Gasteiger partial charge on any atom is -0.0619 e. The number of hydrogen-bond donors (Lipinski definition) is 0. The molecule has 0 fully saturated rings. The van der Waals surface area contributed by atoms with Crippen LogP contribution in [0.15, 0.2) is 127 Å². The second kappa shape index (κ2) is 10.0. The van der Waals surface area contributed by atoms with E-state index in [-0.39, 0.29) is 10.8 Å². The topological polar surface area (TPSA) is 0 Å². The van der Waals surface area contributed by atoms with Crippen LogP contribution < -0.4 is 0 Å². The third-order valence-electron chi connectivity index (χ3n) is 10.4. The molecule has 6 aromatic carbocycles. The first-order valence-corrected chi connectivity index (χ1v) is 16.7. The molecule has 0 saturated heterocycles. The lowest BCUT2D eigenvalue weighted by molar-refractivity contribution is 0.581. The molecule has 44 heavy (non-hydrogen) atoms. The van der Waals surface area contributed by atoms with Gasteiger partial charge in [0.1, 0.15) is 0 Å². The molecule has 0 radical (unpaired) electrons. The van der Waals surface area contributed by atoms with Gasteiger partial charge in [-0.2, -0.15) is 0 Å². The number of benzene rings is 6. The van der Waals surface area contributed by atoms with Crippen LogP contribution in [0.2, 0.25) is 0 Å². The summed E-state index contributed by atoms with van der Waals surface area (Å²) in [6, 6.07) is 48.1. The van der Waals surface area contributed by atoms with Gasteiger partial charge in [0.05, 0.1) is 0 Å². The van der Waals surface area contributed by atoms with Gasteiger partial charge in [-0.05, 0) is 132 Å². The van der Waals surface area contributed by atoms with Crippen LogP contribution in [0.5, 0.6) is 0 Å². The van der Waals surface area contributed by atoms with Crippen LogP contribution in [-0.2, 0) is 17.3 Å². The van der Waals surface area contributed by atoms with Gasteiger partial charge in [-0.25, -0.2) is 0 Å². The van der Waals surface area contributed by atoms with Gasteiger partial charge in [-0.15, -0.1) is 0 Å². The van der Waals surface area contributed by atoms with Gasteiger partial charge in [0.15, 0.2) is 0 Å². The Morgan fingerprint density at radius 3 is 1.89 bits per heavy atom. The molecule has 0 N–H and O–H groups in total. The smallest absolute Gasteiger partial charge is 0.0227 e. The Balaban J connectivity index is 1.23. The average molecular weight is 679 g/mol. The van der Waals surface area contributed by atoms with E-state index in [4.69, 9.17) is 0 Å². The minimum atomic E-state index is -0.130. The van der Waals surface area contributed by atoms with Crippen molar-refractivity contribution in [2.75, 3.05) is 0 Å². The summed E-state index contributed by atoms with van der Waals surface area (Å²) >= 11 is 2.39. The van der Waals surface area contributed by atoms with Crippen LogP contribution in [0.4, 0.5) is 0 Å². The molecule has 1 atom stereocenters. The summed E-state index contributed by atoms with van der Waals surface area (Å²) in [4.78, 5) is 0. The lowest BCUT2D eigenvalue weighted by Crippen LogP contribution is -2.24. The fourth-order valence-corrected chi connectivity index (χ4v) is 8.37. The van der Waals surface area contributed by atoms with E-state index < -0.39 is 0 Å². The largest absolute Gasteiger partial charge is 0.0619 e. The maximum absolute atomic E-state index is 2.46. The Hall–Kier alpha value is -3.95. The van der Waals surface area contributed by atoms with E-state index in [1.165, 1.54) is 81.5 Å². The van der Waals surface area contributed by atoms with E-state index in [1.54, 1.807) is 0 Å². The SMILES string of the molecule is Cc1ccc(-c2ccc3c(c2)-c2ccccc2C3(C)C)cc1CC1(C)c2ccccc2-c2c(-c3ccc(I)cc3)cccc21. The lowest BCUT2D eigenvalue weighted by atomic mass is 9.74. The van der Waals surface area contributed by atoms with Crippen LogP contribution in [0.25, 0.3) is 44.5 Å². The van der Waals surface area contributed by atoms with Gasteiger partial charge in [-0.3, -0.25) is 0 Å². The Labute approximate surface area is 275 Å². The third-order valence-corrected chi connectivity index (χ3v) is 11.1. The summed E-state index contributed by atoms with van der Waals surface area (Å²) in [7, 11) is 0. The highest BCUT2D eigenvalue weighted by atomic mass is 127. The predicted molar refractivity (Wildman–Crippen MR) is 194 cm³/mol. The molecule has 0 nitrogen and oxygen atoms in total. The molecule has 1 unspecified atom stereocenters. The predicted octanol–water partition coefficient (Wildman–Crippen LogP) is 11.8. The molecule has 6 aromatic rings. The summed E-state index contributed by atoms with van der Waals surface area (Å²) in [5.74, 6) is 0. The van der Waals surface area contributed by atoms with Gasteiger partial charge in [0.2, 0.25) is 0 Å². The van der Waals surface area contributed by atoms with Crippen LogP contribution in [-0.4, -0.2) is 0 Å². The van der Waals surface area contributed by atoms with Crippen LogP contribution in [0, 0.1) is 10.5 Å². The molecule has 0 bridgehead atoms. The summed E-state index contributed by atoms with van der Waals surface area (Å²) < 4.78 is 1.26. The zero-order valence-corrected chi connectivity index (χ0v) is 27.9. The monoisotopic (exact) mass is 678 g/mol. The van der Waals surface area contributed by atoms with E-state index in [9.17, 15) is 0 Å². The highest BCUT2D eigenvalue weighted by Crippen LogP contribution is 2.54. The quantitative estimate of drug-likeness (QED) is 0.163. The minimum absolute atomic E-state index is 0.0256. The Kier molecular flexibility index (Phi) is 6.29. The molecular weight excluding hydrogens is 643 g/mol. The zero-order valence-electron chi connectivity index (χ0n) is 25.7. The van der Waals surface area contributed by atoms with E-state index in [2.05, 4.69) is 178 Å². The second-order valence-corrected chi connectivity index (χ2v) is 14.6. The number of aryl methyl sites for hydroxylation is 1. The van der Waals surface area contributed by atoms with Crippen molar-refractivity contribution in [2.24, 2.45) is 0 Å². The molecule has 214 valence electrons. The van der Waals surface area contributed by atoms with Crippen molar-refractivity contribution in [3.63, 3.8) is 0 Å². The van der Waals surface area contributed by atoms with Crippen molar-refractivity contribution in [3.05, 3.63) is 164 Å². The fraction of sp³-hybridized carbons (Fsp3) is 0.163. The fourth-order valence-electron chi connectivity index (χ4n) is 8.01. The van der Waals surface area contributed by atoms with Crippen molar-refractivity contribution >= 4 is 22.6 Å². The Bertz CT molecular complexity index is 2100. The molecule has 0 heterocycles. The van der Waals surface area contributed by atoms with Crippen molar-refractivity contribution in [1.29, 1.82) is 0 Å².